The standard InChI is InChI=1S/C10H21N/c1-10(2)8-6-5-7-9-11(3)4/h6,8,10H,5,7,9H2,1-4H3/b8-6+. The van der Waals surface area contributed by atoms with Crippen molar-refractivity contribution in [1.82, 2.24) is 4.90 Å². The highest BCUT2D eigenvalue weighted by molar-refractivity contribution is 4.84. The molecule has 0 saturated carbocycles. The lowest BCUT2D eigenvalue weighted by molar-refractivity contribution is 0.401. The van der Waals surface area contributed by atoms with E-state index in [9.17, 15) is 0 Å². The van der Waals surface area contributed by atoms with Gasteiger partial charge in [-0.1, -0.05) is 26.0 Å². The van der Waals surface area contributed by atoms with Gasteiger partial charge in [0.2, 0.25) is 0 Å². The fourth-order valence-electron chi connectivity index (χ4n) is 0.894. The van der Waals surface area contributed by atoms with E-state index in [1.807, 2.05) is 0 Å². The molecule has 0 aromatic heterocycles. The van der Waals surface area contributed by atoms with Crippen molar-refractivity contribution in [2.24, 2.45) is 5.92 Å². The van der Waals surface area contributed by atoms with Crippen LogP contribution >= 0.6 is 0 Å². The maximum atomic E-state index is 2.29. The Kier molecular flexibility index (Phi) is 6.24. The van der Waals surface area contributed by atoms with Gasteiger partial charge >= 0.3 is 0 Å². The zero-order valence-electron chi connectivity index (χ0n) is 8.30. The summed E-state index contributed by atoms with van der Waals surface area (Å²) in [7, 11) is 4.23. The normalized spacial score (nSPS) is 12.2. The Morgan fingerprint density at radius 3 is 2.36 bits per heavy atom. The largest absolute Gasteiger partial charge is 0.309 e. The van der Waals surface area contributed by atoms with E-state index in [1.54, 1.807) is 0 Å². The maximum absolute atomic E-state index is 2.29. The zero-order chi connectivity index (χ0) is 8.69. The molecule has 0 spiro atoms. The Morgan fingerprint density at radius 2 is 1.91 bits per heavy atom. The number of hydrogen-bond acceptors (Lipinski definition) is 1. The molecule has 0 radical (unpaired) electrons. The lowest BCUT2D eigenvalue weighted by atomic mass is 10.2. The van der Waals surface area contributed by atoms with E-state index in [4.69, 9.17) is 0 Å². The number of rotatable bonds is 5. The smallest absolute Gasteiger partial charge is 0.00219 e. The van der Waals surface area contributed by atoms with Crippen molar-refractivity contribution in [3.05, 3.63) is 12.2 Å². The molecule has 11 heavy (non-hydrogen) atoms. The Morgan fingerprint density at radius 1 is 1.27 bits per heavy atom. The van der Waals surface area contributed by atoms with Gasteiger partial charge in [-0.15, -0.1) is 0 Å². The van der Waals surface area contributed by atoms with E-state index in [2.05, 4.69) is 45.0 Å². The van der Waals surface area contributed by atoms with Gasteiger partial charge in [0.25, 0.3) is 0 Å². The molecule has 0 amide bonds. The summed E-state index contributed by atoms with van der Waals surface area (Å²) in [4.78, 5) is 2.23. The fraction of sp³-hybridized carbons (Fsp3) is 0.800. The Balaban J connectivity index is 3.14. The van der Waals surface area contributed by atoms with Gasteiger partial charge in [-0.3, -0.25) is 0 Å². The summed E-state index contributed by atoms with van der Waals surface area (Å²) in [6, 6.07) is 0. The topological polar surface area (TPSA) is 3.24 Å². The van der Waals surface area contributed by atoms with Crippen LogP contribution in [0.25, 0.3) is 0 Å². The Labute approximate surface area is 71.1 Å². The van der Waals surface area contributed by atoms with E-state index < -0.39 is 0 Å². The van der Waals surface area contributed by atoms with Gasteiger partial charge in [-0.05, 0) is 39.4 Å². The van der Waals surface area contributed by atoms with E-state index in [1.165, 1.54) is 19.4 Å². The lowest BCUT2D eigenvalue weighted by Crippen LogP contribution is -2.12. The van der Waals surface area contributed by atoms with Crippen LogP contribution in [-0.4, -0.2) is 25.5 Å². The first-order valence-corrected chi connectivity index (χ1v) is 4.44. The van der Waals surface area contributed by atoms with Crippen molar-refractivity contribution in [1.29, 1.82) is 0 Å². The van der Waals surface area contributed by atoms with E-state index >= 15 is 0 Å². The first kappa shape index (κ1) is 10.7. The summed E-state index contributed by atoms with van der Waals surface area (Å²) in [5.74, 6) is 0.703. The highest BCUT2D eigenvalue weighted by atomic mass is 15.0. The molecule has 0 bridgehead atoms. The van der Waals surface area contributed by atoms with Crippen LogP contribution < -0.4 is 0 Å². The Hall–Kier alpha value is -0.300. The zero-order valence-corrected chi connectivity index (χ0v) is 8.30. The summed E-state index contributed by atoms with van der Waals surface area (Å²) >= 11 is 0. The molecule has 0 aromatic rings. The van der Waals surface area contributed by atoms with Crippen LogP contribution in [0.2, 0.25) is 0 Å². The van der Waals surface area contributed by atoms with Crippen LogP contribution in [0.3, 0.4) is 0 Å². The molecule has 0 fully saturated rings. The summed E-state index contributed by atoms with van der Waals surface area (Å²) in [5.41, 5.74) is 0. The maximum Gasteiger partial charge on any atom is -0.00219 e. The van der Waals surface area contributed by atoms with Crippen LogP contribution in [0.4, 0.5) is 0 Å². The van der Waals surface area contributed by atoms with Crippen LogP contribution in [0, 0.1) is 5.92 Å². The fourth-order valence-corrected chi connectivity index (χ4v) is 0.894. The summed E-state index contributed by atoms with van der Waals surface area (Å²) < 4.78 is 0. The first-order chi connectivity index (χ1) is 5.13. The molecule has 0 unspecified atom stereocenters. The van der Waals surface area contributed by atoms with Gasteiger partial charge in [-0.2, -0.15) is 0 Å². The second-order valence-electron chi connectivity index (χ2n) is 3.62. The van der Waals surface area contributed by atoms with Gasteiger partial charge in [0.15, 0.2) is 0 Å². The average Bonchev–Trinajstić information content (AvgIpc) is 1.85. The minimum Gasteiger partial charge on any atom is -0.309 e. The van der Waals surface area contributed by atoms with E-state index in [0.717, 1.165) is 0 Å². The van der Waals surface area contributed by atoms with Crippen LogP contribution in [0.1, 0.15) is 26.7 Å². The molecule has 0 aliphatic heterocycles. The number of hydrogen-bond donors (Lipinski definition) is 0. The molecule has 0 aliphatic rings. The highest BCUT2D eigenvalue weighted by Gasteiger charge is 1.87. The molecule has 1 heteroatoms. The molecule has 0 N–H and O–H groups in total. The molecule has 0 atom stereocenters. The van der Waals surface area contributed by atoms with Gasteiger partial charge in [0.05, 0.1) is 0 Å². The second-order valence-corrected chi connectivity index (χ2v) is 3.62. The summed E-state index contributed by atoms with van der Waals surface area (Å²) in [6.45, 7) is 5.62. The molecule has 0 heterocycles. The van der Waals surface area contributed by atoms with Crippen molar-refractivity contribution < 1.29 is 0 Å². The van der Waals surface area contributed by atoms with E-state index in [0.29, 0.717) is 5.92 Å². The predicted molar refractivity (Wildman–Crippen MR) is 51.8 cm³/mol. The number of unbranched alkanes of at least 4 members (excludes halogenated alkanes) is 1. The molecule has 0 aliphatic carbocycles. The third-order valence-electron chi connectivity index (χ3n) is 1.50. The molecular weight excluding hydrogens is 134 g/mol. The molecule has 0 saturated heterocycles. The van der Waals surface area contributed by atoms with Crippen molar-refractivity contribution in [2.75, 3.05) is 20.6 Å². The van der Waals surface area contributed by atoms with Crippen molar-refractivity contribution in [3.8, 4) is 0 Å². The monoisotopic (exact) mass is 155 g/mol. The molecular formula is C10H21N. The molecule has 1 nitrogen and oxygen atoms in total. The number of allylic oxidation sites excluding steroid dienone is 2. The van der Waals surface area contributed by atoms with Gasteiger partial charge < -0.3 is 4.90 Å². The molecule has 0 aromatic carbocycles. The van der Waals surface area contributed by atoms with Crippen LogP contribution in [0.15, 0.2) is 12.2 Å². The Bertz CT molecular complexity index is 103. The molecule has 66 valence electrons. The van der Waals surface area contributed by atoms with Crippen molar-refractivity contribution in [2.45, 2.75) is 26.7 Å². The SMILES string of the molecule is CC(C)/C=C/CCCN(C)C. The number of nitrogens with zero attached hydrogens (tertiary/aromatic N) is 1. The van der Waals surface area contributed by atoms with E-state index in [-0.39, 0.29) is 0 Å². The van der Waals surface area contributed by atoms with Gasteiger partial charge in [0.1, 0.15) is 0 Å². The summed E-state index contributed by atoms with van der Waals surface area (Å²) in [5, 5.41) is 0. The quantitative estimate of drug-likeness (QED) is 0.435. The average molecular weight is 155 g/mol. The minimum atomic E-state index is 0.703. The third-order valence-corrected chi connectivity index (χ3v) is 1.50. The van der Waals surface area contributed by atoms with Crippen LogP contribution in [-0.2, 0) is 0 Å². The predicted octanol–water partition coefficient (Wildman–Crippen LogP) is 2.54. The molecule has 0 rings (SSSR count). The second kappa shape index (κ2) is 6.41. The first-order valence-electron chi connectivity index (χ1n) is 4.44. The van der Waals surface area contributed by atoms with Crippen LogP contribution in [0.5, 0.6) is 0 Å². The highest BCUT2D eigenvalue weighted by Crippen LogP contribution is 1.97. The van der Waals surface area contributed by atoms with Crippen molar-refractivity contribution in [3.63, 3.8) is 0 Å². The summed E-state index contributed by atoms with van der Waals surface area (Å²) in [6.07, 6.45) is 7.05. The lowest BCUT2D eigenvalue weighted by Gasteiger charge is -2.06. The van der Waals surface area contributed by atoms with Gasteiger partial charge in [0, 0.05) is 0 Å². The van der Waals surface area contributed by atoms with Gasteiger partial charge in [-0.25, -0.2) is 0 Å². The van der Waals surface area contributed by atoms with Crippen molar-refractivity contribution >= 4 is 0 Å². The third kappa shape index (κ3) is 9.70. The minimum absolute atomic E-state index is 0.703.